The zero-order valence-electron chi connectivity index (χ0n) is 14.7. The summed E-state index contributed by atoms with van der Waals surface area (Å²) in [5.41, 5.74) is 2.26. The van der Waals surface area contributed by atoms with Crippen molar-refractivity contribution in [1.82, 2.24) is 5.32 Å². The quantitative estimate of drug-likeness (QED) is 0.789. The Labute approximate surface area is 144 Å². The van der Waals surface area contributed by atoms with Crippen molar-refractivity contribution < 1.29 is 9.18 Å². The van der Waals surface area contributed by atoms with Gasteiger partial charge in [0.15, 0.2) is 0 Å². The zero-order chi connectivity index (χ0) is 17.6. The van der Waals surface area contributed by atoms with Crippen LogP contribution in [0, 0.1) is 5.82 Å². The van der Waals surface area contributed by atoms with Gasteiger partial charge in [0.2, 0.25) is 5.91 Å². The van der Waals surface area contributed by atoms with E-state index in [4.69, 9.17) is 0 Å². The van der Waals surface area contributed by atoms with Gasteiger partial charge in [-0.15, -0.1) is 0 Å². The highest BCUT2D eigenvalue weighted by Gasteiger charge is 2.23. The van der Waals surface area contributed by atoms with Crippen LogP contribution in [0.4, 0.5) is 4.39 Å². The summed E-state index contributed by atoms with van der Waals surface area (Å²) in [4.78, 5) is 12.1. The SMILES string of the molecule is CC(CC(C)(C)c1ccccc1)NC(=O)CCc1ccc(F)cc1. The summed E-state index contributed by atoms with van der Waals surface area (Å²) in [5, 5.41) is 3.07. The maximum Gasteiger partial charge on any atom is 0.220 e. The van der Waals surface area contributed by atoms with Crippen molar-refractivity contribution in [3.63, 3.8) is 0 Å². The summed E-state index contributed by atoms with van der Waals surface area (Å²) in [6.45, 7) is 6.44. The van der Waals surface area contributed by atoms with Crippen molar-refractivity contribution in [2.24, 2.45) is 0 Å². The molecule has 128 valence electrons. The number of hydrogen-bond acceptors (Lipinski definition) is 1. The van der Waals surface area contributed by atoms with E-state index in [1.165, 1.54) is 17.7 Å². The van der Waals surface area contributed by atoms with Crippen LogP contribution in [0.3, 0.4) is 0 Å². The molecule has 2 rings (SSSR count). The Hall–Kier alpha value is -2.16. The number of carbonyl (C=O) groups excluding carboxylic acids is 1. The number of hydrogen-bond donors (Lipinski definition) is 1. The number of nitrogens with one attached hydrogen (secondary N) is 1. The van der Waals surface area contributed by atoms with Gasteiger partial charge in [0.25, 0.3) is 0 Å². The van der Waals surface area contributed by atoms with Crippen molar-refractivity contribution in [2.75, 3.05) is 0 Å². The summed E-state index contributed by atoms with van der Waals surface area (Å²) < 4.78 is 12.9. The molecule has 0 aliphatic heterocycles. The molecule has 2 aromatic rings. The lowest BCUT2D eigenvalue weighted by Gasteiger charge is -2.29. The Balaban J connectivity index is 1.82. The fourth-order valence-corrected chi connectivity index (χ4v) is 3.08. The molecule has 0 saturated carbocycles. The second kappa shape index (κ2) is 8.09. The van der Waals surface area contributed by atoms with Crippen LogP contribution in [0.1, 0.15) is 44.7 Å². The topological polar surface area (TPSA) is 29.1 Å². The highest BCUT2D eigenvalue weighted by Crippen LogP contribution is 2.28. The minimum absolute atomic E-state index is 0.00487. The molecule has 2 nitrogen and oxygen atoms in total. The minimum atomic E-state index is -0.250. The first-order valence-electron chi connectivity index (χ1n) is 8.46. The number of aryl methyl sites for hydroxylation is 1. The summed E-state index contributed by atoms with van der Waals surface area (Å²) in [6.07, 6.45) is 1.92. The molecule has 0 aliphatic rings. The highest BCUT2D eigenvalue weighted by atomic mass is 19.1. The third-order valence-electron chi connectivity index (χ3n) is 4.33. The molecule has 1 amide bonds. The van der Waals surface area contributed by atoms with E-state index in [1.807, 2.05) is 25.1 Å². The zero-order valence-corrected chi connectivity index (χ0v) is 14.7. The number of halogens is 1. The van der Waals surface area contributed by atoms with Crippen LogP contribution in [0.15, 0.2) is 54.6 Å². The monoisotopic (exact) mass is 327 g/mol. The van der Waals surface area contributed by atoms with Gasteiger partial charge in [-0.1, -0.05) is 56.3 Å². The number of benzene rings is 2. The van der Waals surface area contributed by atoms with E-state index in [-0.39, 0.29) is 23.2 Å². The van der Waals surface area contributed by atoms with Gasteiger partial charge in [0.1, 0.15) is 5.82 Å². The molecule has 1 atom stereocenters. The van der Waals surface area contributed by atoms with E-state index in [9.17, 15) is 9.18 Å². The van der Waals surface area contributed by atoms with Gasteiger partial charge in [-0.2, -0.15) is 0 Å². The first-order chi connectivity index (χ1) is 11.4. The van der Waals surface area contributed by atoms with Crippen molar-refractivity contribution in [2.45, 2.75) is 51.5 Å². The third-order valence-corrected chi connectivity index (χ3v) is 4.33. The molecule has 0 radical (unpaired) electrons. The van der Waals surface area contributed by atoms with E-state index in [2.05, 4.69) is 31.3 Å². The molecule has 24 heavy (non-hydrogen) atoms. The fourth-order valence-electron chi connectivity index (χ4n) is 3.08. The highest BCUT2D eigenvalue weighted by molar-refractivity contribution is 5.76. The lowest BCUT2D eigenvalue weighted by molar-refractivity contribution is -0.121. The van der Waals surface area contributed by atoms with Crippen LogP contribution in [0.25, 0.3) is 0 Å². The predicted octanol–water partition coefficient (Wildman–Crippen LogP) is 4.63. The van der Waals surface area contributed by atoms with Gasteiger partial charge in [-0.25, -0.2) is 4.39 Å². The molecule has 0 bridgehead atoms. The first kappa shape index (κ1) is 18.2. The van der Waals surface area contributed by atoms with Gasteiger partial charge in [-0.05, 0) is 48.4 Å². The average Bonchev–Trinajstić information content (AvgIpc) is 2.54. The van der Waals surface area contributed by atoms with E-state index in [0.29, 0.717) is 12.8 Å². The van der Waals surface area contributed by atoms with E-state index < -0.39 is 0 Å². The van der Waals surface area contributed by atoms with Crippen LogP contribution < -0.4 is 5.32 Å². The lowest BCUT2D eigenvalue weighted by atomic mass is 9.79. The minimum Gasteiger partial charge on any atom is -0.354 e. The average molecular weight is 327 g/mol. The molecule has 0 heterocycles. The number of carbonyl (C=O) groups is 1. The van der Waals surface area contributed by atoms with Gasteiger partial charge >= 0.3 is 0 Å². The molecule has 0 spiro atoms. The van der Waals surface area contributed by atoms with Crippen molar-refractivity contribution in [3.8, 4) is 0 Å². The molecule has 0 saturated heterocycles. The summed E-state index contributed by atoms with van der Waals surface area (Å²) in [6, 6.07) is 16.8. The van der Waals surface area contributed by atoms with Crippen LogP contribution in [-0.4, -0.2) is 11.9 Å². The van der Waals surface area contributed by atoms with Gasteiger partial charge in [-0.3, -0.25) is 4.79 Å². The molecular weight excluding hydrogens is 301 g/mol. The van der Waals surface area contributed by atoms with E-state index in [0.717, 1.165) is 12.0 Å². The van der Waals surface area contributed by atoms with Crippen molar-refractivity contribution in [1.29, 1.82) is 0 Å². The van der Waals surface area contributed by atoms with Crippen LogP contribution in [-0.2, 0) is 16.6 Å². The molecule has 3 heteroatoms. The number of amides is 1. The number of rotatable bonds is 7. The molecule has 0 aliphatic carbocycles. The Morgan fingerprint density at radius 3 is 2.33 bits per heavy atom. The van der Waals surface area contributed by atoms with Gasteiger partial charge in [0, 0.05) is 12.5 Å². The van der Waals surface area contributed by atoms with Gasteiger partial charge < -0.3 is 5.32 Å². The van der Waals surface area contributed by atoms with Gasteiger partial charge in [0.05, 0.1) is 0 Å². The Morgan fingerprint density at radius 2 is 1.71 bits per heavy atom. The van der Waals surface area contributed by atoms with E-state index >= 15 is 0 Å². The normalized spacial score (nSPS) is 12.7. The third kappa shape index (κ3) is 5.48. The second-order valence-corrected chi connectivity index (χ2v) is 7.05. The molecule has 2 aromatic carbocycles. The molecule has 1 N–H and O–H groups in total. The summed E-state index contributed by atoms with van der Waals surface area (Å²) >= 11 is 0. The fraction of sp³-hybridized carbons (Fsp3) is 0.381. The Bertz CT molecular complexity index is 649. The summed E-state index contributed by atoms with van der Waals surface area (Å²) in [7, 11) is 0. The van der Waals surface area contributed by atoms with Crippen molar-refractivity contribution in [3.05, 3.63) is 71.5 Å². The maximum absolute atomic E-state index is 12.9. The Morgan fingerprint density at radius 1 is 1.08 bits per heavy atom. The summed E-state index contributed by atoms with van der Waals surface area (Å²) in [5.74, 6) is -0.212. The smallest absolute Gasteiger partial charge is 0.220 e. The molecule has 0 aromatic heterocycles. The van der Waals surface area contributed by atoms with Crippen LogP contribution in [0.2, 0.25) is 0 Å². The maximum atomic E-state index is 12.9. The predicted molar refractivity (Wildman–Crippen MR) is 96.4 cm³/mol. The van der Waals surface area contributed by atoms with Crippen LogP contribution >= 0.6 is 0 Å². The van der Waals surface area contributed by atoms with Crippen LogP contribution in [0.5, 0.6) is 0 Å². The molecule has 0 fully saturated rings. The Kier molecular flexibility index (Phi) is 6.13. The largest absolute Gasteiger partial charge is 0.354 e. The van der Waals surface area contributed by atoms with E-state index in [1.54, 1.807) is 12.1 Å². The van der Waals surface area contributed by atoms with Crippen molar-refractivity contribution >= 4 is 5.91 Å². The second-order valence-electron chi connectivity index (χ2n) is 7.05. The molecule has 1 unspecified atom stereocenters. The standard InChI is InChI=1S/C21H26FNO/c1-16(15-21(2,3)18-7-5-4-6-8-18)23-20(24)14-11-17-9-12-19(22)13-10-17/h4-10,12-13,16H,11,14-15H2,1-3H3,(H,23,24). The lowest BCUT2D eigenvalue weighted by Crippen LogP contribution is -2.37. The molecular formula is C21H26FNO. The first-order valence-corrected chi connectivity index (χ1v) is 8.46.